The molecule has 3 unspecified atom stereocenters. The summed E-state index contributed by atoms with van der Waals surface area (Å²) in [6.07, 6.45) is 2.82. The molecular formula is C21H28N2O3. The number of nitrogens with zero attached hydrogens (tertiary/aromatic N) is 1. The van der Waals surface area contributed by atoms with Crippen LogP contribution in [0.1, 0.15) is 57.1 Å². The highest BCUT2D eigenvalue weighted by Crippen LogP contribution is 2.38. The summed E-state index contributed by atoms with van der Waals surface area (Å²) in [6.45, 7) is 6.62. The molecule has 2 aliphatic rings. The van der Waals surface area contributed by atoms with Crippen LogP contribution in [0.4, 0.5) is 5.69 Å². The Labute approximate surface area is 155 Å². The molecule has 3 rings (SSSR count). The molecule has 0 aliphatic carbocycles. The van der Waals surface area contributed by atoms with Crippen molar-refractivity contribution in [3.05, 3.63) is 29.3 Å². The molecule has 1 aromatic carbocycles. The van der Waals surface area contributed by atoms with E-state index in [-0.39, 0.29) is 35.4 Å². The van der Waals surface area contributed by atoms with E-state index in [1.807, 2.05) is 6.92 Å². The van der Waals surface area contributed by atoms with Crippen LogP contribution in [0, 0.1) is 5.92 Å². The molecule has 0 spiro atoms. The van der Waals surface area contributed by atoms with Gasteiger partial charge in [0, 0.05) is 31.5 Å². The fourth-order valence-corrected chi connectivity index (χ4v) is 4.45. The van der Waals surface area contributed by atoms with Gasteiger partial charge < -0.3 is 10.2 Å². The fourth-order valence-electron chi connectivity index (χ4n) is 4.45. The van der Waals surface area contributed by atoms with Crippen molar-refractivity contribution in [2.45, 2.75) is 58.4 Å². The van der Waals surface area contributed by atoms with Gasteiger partial charge in [-0.2, -0.15) is 0 Å². The zero-order valence-electron chi connectivity index (χ0n) is 15.9. The summed E-state index contributed by atoms with van der Waals surface area (Å²) >= 11 is 0. The molecule has 5 nitrogen and oxygen atoms in total. The van der Waals surface area contributed by atoms with Crippen LogP contribution in [0.25, 0.3) is 0 Å². The number of nitrogens with one attached hydrogen (secondary N) is 1. The zero-order chi connectivity index (χ0) is 18.8. The first kappa shape index (κ1) is 18.8. The molecule has 0 bridgehead atoms. The third-order valence-corrected chi connectivity index (χ3v) is 5.86. The fraction of sp³-hybridized carbons (Fsp3) is 0.571. The van der Waals surface area contributed by atoms with Crippen LogP contribution in [-0.2, 0) is 20.8 Å². The standard InChI is InChI=1S/C21H28N2O3/c1-4-21(26)19-8-7-15-5-6-16(11-20(15)23(19)14(3)25)17-9-10-22-12-18(17)13(2)24/h5-6,11,17-19,22H,4,7-10,12H2,1-3H3. The van der Waals surface area contributed by atoms with Gasteiger partial charge in [-0.1, -0.05) is 19.1 Å². The molecule has 0 radical (unpaired) electrons. The maximum Gasteiger partial charge on any atom is 0.224 e. The SMILES string of the molecule is CCC(=O)C1CCc2ccc(C3CCNCC3C(C)=O)cc2N1C(C)=O. The van der Waals surface area contributed by atoms with Crippen LogP contribution in [0.2, 0.25) is 0 Å². The van der Waals surface area contributed by atoms with Gasteiger partial charge in [0.15, 0.2) is 5.78 Å². The molecule has 1 aromatic rings. The summed E-state index contributed by atoms with van der Waals surface area (Å²) in [5.41, 5.74) is 3.06. The Balaban J connectivity index is 2.00. The predicted octanol–water partition coefficient (Wildman–Crippen LogP) is 2.62. The zero-order valence-corrected chi connectivity index (χ0v) is 15.9. The minimum Gasteiger partial charge on any atom is -0.316 e. The van der Waals surface area contributed by atoms with Crippen LogP contribution in [0.3, 0.4) is 0 Å². The average Bonchev–Trinajstić information content (AvgIpc) is 2.65. The minimum atomic E-state index is -0.364. The van der Waals surface area contributed by atoms with Crippen LogP contribution >= 0.6 is 0 Å². The molecule has 1 fully saturated rings. The number of hydrogen-bond acceptors (Lipinski definition) is 4. The Morgan fingerprint density at radius 3 is 2.62 bits per heavy atom. The van der Waals surface area contributed by atoms with Crippen molar-refractivity contribution < 1.29 is 14.4 Å². The van der Waals surface area contributed by atoms with Crippen molar-refractivity contribution in [1.29, 1.82) is 0 Å². The first-order valence-corrected chi connectivity index (χ1v) is 9.60. The molecule has 140 valence electrons. The number of Topliss-reactive ketones (excluding diaryl/α,β-unsaturated/α-hetero) is 2. The summed E-state index contributed by atoms with van der Waals surface area (Å²) < 4.78 is 0. The highest BCUT2D eigenvalue weighted by molar-refractivity contribution is 6.01. The molecule has 1 saturated heterocycles. The molecule has 0 aromatic heterocycles. The van der Waals surface area contributed by atoms with E-state index in [4.69, 9.17) is 0 Å². The van der Waals surface area contributed by atoms with E-state index in [0.717, 1.165) is 36.2 Å². The van der Waals surface area contributed by atoms with Gasteiger partial charge in [0.05, 0.1) is 6.04 Å². The lowest BCUT2D eigenvalue weighted by Crippen LogP contribution is -2.47. The normalized spacial score (nSPS) is 25.5. The van der Waals surface area contributed by atoms with Crippen LogP contribution in [0.15, 0.2) is 18.2 Å². The van der Waals surface area contributed by atoms with Crippen molar-refractivity contribution in [3.8, 4) is 0 Å². The summed E-state index contributed by atoms with van der Waals surface area (Å²) in [6, 6.07) is 5.87. The summed E-state index contributed by atoms with van der Waals surface area (Å²) in [5.74, 6) is 0.338. The van der Waals surface area contributed by atoms with E-state index in [1.165, 1.54) is 6.92 Å². The van der Waals surface area contributed by atoms with E-state index < -0.39 is 0 Å². The van der Waals surface area contributed by atoms with Gasteiger partial charge in [0.1, 0.15) is 5.78 Å². The number of fused-ring (bicyclic) bond motifs is 1. The lowest BCUT2D eigenvalue weighted by Gasteiger charge is -2.37. The molecule has 2 heterocycles. The topological polar surface area (TPSA) is 66.5 Å². The molecule has 2 aliphatic heterocycles. The number of benzene rings is 1. The summed E-state index contributed by atoms with van der Waals surface area (Å²) in [4.78, 5) is 38.5. The molecule has 1 amide bonds. The van der Waals surface area contributed by atoms with Gasteiger partial charge in [0.25, 0.3) is 0 Å². The second-order valence-electron chi connectivity index (χ2n) is 7.47. The highest BCUT2D eigenvalue weighted by atomic mass is 16.2. The quantitative estimate of drug-likeness (QED) is 0.901. The maximum absolute atomic E-state index is 12.4. The number of aryl methyl sites for hydroxylation is 1. The smallest absolute Gasteiger partial charge is 0.224 e. The van der Waals surface area contributed by atoms with Gasteiger partial charge in [-0.3, -0.25) is 14.4 Å². The molecule has 5 heteroatoms. The Morgan fingerprint density at radius 1 is 1.19 bits per heavy atom. The summed E-state index contributed by atoms with van der Waals surface area (Å²) in [7, 11) is 0. The Hall–Kier alpha value is -2.01. The predicted molar refractivity (Wildman–Crippen MR) is 101 cm³/mol. The van der Waals surface area contributed by atoms with Crippen molar-refractivity contribution in [3.63, 3.8) is 0 Å². The lowest BCUT2D eigenvalue weighted by atomic mass is 9.78. The van der Waals surface area contributed by atoms with Gasteiger partial charge >= 0.3 is 0 Å². The van der Waals surface area contributed by atoms with Gasteiger partial charge in [-0.15, -0.1) is 0 Å². The number of rotatable bonds is 4. The molecular weight excluding hydrogens is 328 g/mol. The Morgan fingerprint density at radius 2 is 1.96 bits per heavy atom. The van der Waals surface area contributed by atoms with E-state index in [9.17, 15) is 14.4 Å². The number of amides is 1. The molecule has 1 N–H and O–H groups in total. The Bertz CT molecular complexity index is 728. The number of carbonyl (C=O) groups excluding carboxylic acids is 3. The third kappa shape index (κ3) is 3.45. The van der Waals surface area contributed by atoms with Crippen molar-refractivity contribution in [1.82, 2.24) is 5.32 Å². The first-order chi connectivity index (χ1) is 12.4. The van der Waals surface area contributed by atoms with Crippen molar-refractivity contribution >= 4 is 23.2 Å². The average molecular weight is 356 g/mol. The lowest BCUT2D eigenvalue weighted by molar-refractivity contribution is -0.124. The van der Waals surface area contributed by atoms with Gasteiger partial charge in [0.2, 0.25) is 5.91 Å². The number of hydrogen-bond donors (Lipinski definition) is 1. The van der Waals surface area contributed by atoms with E-state index >= 15 is 0 Å². The monoisotopic (exact) mass is 356 g/mol. The molecule has 3 atom stereocenters. The first-order valence-electron chi connectivity index (χ1n) is 9.60. The van der Waals surface area contributed by atoms with Crippen LogP contribution in [-0.4, -0.2) is 36.6 Å². The third-order valence-electron chi connectivity index (χ3n) is 5.86. The number of ketones is 2. The molecule has 0 saturated carbocycles. The molecule has 26 heavy (non-hydrogen) atoms. The van der Waals surface area contributed by atoms with E-state index in [2.05, 4.69) is 23.5 Å². The van der Waals surface area contributed by atoms with E-state index in [1.54, 1.807) is 11.8 Å². The van der Waals surface area contributed by atoms with E-state index in [0.29, 0.717) is 19.4 Å². The van der Waals surface area contributed by atoms with Crippen LogP contribution in [0.5, 0.6) is 0 Å². The number of piperidine rings is 1. The van der Waals surface area contributed by atoms with Gasteiger partial charge in [-0.25, -0.2) is 0 Å². The minimum absolute atomic E-state index is 0.0377. The van der Waals surface area contributed by atoms with Crippen molar-refractivity contribution in [2.75, 3.05) is 18.0 Å². The largest absolute Gasteiger partial charge is 0.316 e. The number of anilines is 1. The number of carbonyl (C=O) groups is 3. The second kappa shape index (κ2) is 7.70. The highest BCUT2D eigenvalue weighted by Gasteiger charge is 2.35. The Kier molecular flexibility index (Phi) is 5.56. The van der Waals surface area contributed by atoms with Crippen LogP contribution < -0.4 is 10.2 Å². The van der Waals surface area contributed by atoms with Crippen molar-refractivity contribution in [2.24, 2.45) is 5.92 Å². The second-order valence-corrected chi connectivity index (χ2v) is 7.47. The van der Waals surface area contributed by atoms with Gasteiger partial charge in [-0.05, 0) is 55.8 Å². The summed E-state index contributed by atoms with van der Waals surface area (Å²) in [5, 5.41) is 3.30. The maximum atomic E-state index is 12.4.